The van der Waals surface area contributed by atoms with Crippen molar-refractivity contribution in [2.75, 3.05) is 6.61 Å². The highest BCUT2D eigenvalue weighted by Gasteiger charge is 2.04. The van der Waals surface area contributed by atoms with Gasteiger partial charge in [-0.05, 0) is 24.6 Å². The van der Waals surface area contributed by atoms with Crippen molar-refractivity contribution in [3.05, 3.63) is 41.7 Å². The molecule has 4 heteroatoms. The Morgan fingerprint density at radius 3 is 2.75 bits per heavy atom. The average molecular weight is 224 g/mol. The Balaban J connectivity index is 2.59. The van der Waals surface area contributed by atoms with Gasteiger partial charge in [-0.1, -0.05) is 19.1 Å². The second kappa shape index (κ2) is 5.90. The zero-order chi connectivity index (χ0) is 12.0. The Morgan fingerprint density at radius 2 is 2.19 bits per heavy atom. The van der Waals surface area contributed by atoms with Crippen molar-refractivity contribution in [3.8, 4) is 5.75 Å². The molecule has 86 valence electrons. The van der Waals surface area contributed by atoms with E-state index in [2.05, 4.69) is 0 Å². The first-order valence-corrected chi connectivity index (χ1v) is 4.94. The molecular formula is C12H13FO3. The highest BCUT2D eigenvalue weighted by molar-refractivity contribution is 5.86. The Bertz CT molecular complexity index is 399. The Labute approximate surface area is 93.2 Å². The van der Waals surface area contributed by atoms with Crippen LogP contribution >= 0.6 is 0 Å². The summed E-state index contributed by atoms with van der Waals surface area (Å²) in [5.74, 6) is -1.30. The molecule has 0 fully saturated rings. The number of carboxylic acids is 1. The third-order valence-electron chi connectivity index (χ3n) is 2.06. The molecule has 0 aromatic heterocycles. The molecule has 0 amide bonds. The summed E-state index contributed by atoms with van der Waals surface area (Å²) in [6.45, 7) is 1.79. The largest absolute Gasteiger partial charge is 0.486 e. The summed E-state index contributed by atoms with van der Waals surface area (Å²) >= 11 is 0. The molecule has 0 spiro atoms. The van der Waals surface area contributed by atoms with Crippen LogP contribution in [0.15, 0.2) is 35.9 Å². The van der Waals surface area contributed by atoms with Gasteiger partial charge < -0.3 is 9.84 Å². The molecule has 1 N–H and O–H groups in total. The number of carbonyl (C=O) groups is 1. The minimum absolute atomic E-state index is 0.0520. The fourth-order valence-corrected chi connectivity index (χ4v) is 1.18. The van der Waals surface area contributed by atoms with Gasteiger partial charge in [0.15, 0.2) is 11.6 Å². The van der Waals surface area contributed by atoms with E-state index in [-0.39, 0.29) is 17.9 Å². The molecule has 1 aromatic rings. The van der Waals surface area contributed by atoms with Gasteiger partial charge in [0.05, 0.1) is 0 Å². The lowest BCUT2D eigenvalue weighted by atomic mass is 10.2. The maximum absolute atomic E-state index is 13.1. The van der Waals surface area contributed by atoms with Crippen LogP contribution in [-0.4, -0.2) is 17.7 Å². The number of rotatable bonds is 5. The van der Waals surface area contributed by atoms with E-state index >= 15 is 0 Å². The third-order valence-corrected chi connectivity index (χ3v) is 2.06. The minimum Gasteiger partial charge on any atom is -0.486 e. The van der Waals surface area contributed by atoms with Crippen LogP contribution in [0, 0.1) is 5.82 Å². The fraction of sp³-hybridized carbons (Fsp3) is 0.250. The molecule has 0 heterocycles. The zero-order valence-electron chi connectivity index (χ0n) is 8.94. The number of hydrogen-bond donors (Lipinski definition) is 1. The summed E-state index contributed by atoms with van der Waals surface area (Å²) in [5, 5.41) is 8.73. The van der Waals surface area contributed by atoms with E-state index in [0.29, 0.717) is 6.42 Å². The van der Waals surface area contributed by atoms with Gasteiger partial charge >= 0.3 is 5.97 Å². The van der Waals surface area contributed by atoms with Crippen LogP contribution in [0.4, 0.5) is 4.39 Å². The lowest BCUT2D eigenvalue weighted by Crippen LogP contribution is -2.03. The number of carboxylic acid groups (broad SMARTS) is 1. The number of ether oxygens (including phenoxy) is 1. The highest BCUT2D eigenvalue weighted by Crippen LogP contribution is 2.15. The summed E-state index contributed by atoms with van der Waals surface area (Å²) in [6, 6.07) is 6.00. The summed E-state index contributed by atoms with van der Waals surface area (Å²) < 4.78 is 18.2. The van der Waals surface area contributed by atoms with E-state index in [1.807, 2.05) is 0 Å². The first kappa shape index (κ1) is 12.2. The molecule has 0 aliphatic carbocycles. The van der Waals surface area contributed by atoms with E-state index in [0.717, 1.165) is 0 Å². The molecule has 0 saturated carbocycles. The Morgan fingerprint density at radius 1 is 1.50 bits per heavy atom. The molecule has 0 unspecified atom stereocenters. The summed E-state index contributed by atoms with van der Waals surface area (Å²) in [7, 11) is 0. The topological polar surface area (TPSA) is 46.5 Å². The van der Waals surface area contributed by atoms with Crippen LogP contribution < -0.4 is 4.74 Å². The third kappa shape index (κ3) is 3.38. The van der Waals surface area contributed by atoms with Crippen molar-refractivity contribution in [1.29, 1.82) is 0 Å². The molecular weight excluding hydrogens is 211 g/mol. The van der Waals surface area contributed by atoms with Crippen LogP contribution in [0.25, 0.3) is 0 Å². The first-order valence-electron chi connectivity index (χ1n) is 4.94. The lowest BCUT2D eigenvalue weighted by Gasteiger charge is -2.04. The molecule has 16 heavy (non-hydrogen) atoms. The van der Waals surface area contributed by atoms with Gasteiger partial charge in [0.25, 0.3) is 0 Å². The SMILES string of the molecule is CCC(=CCOc1ccccc1F)C(=O)O. The van der Waals surface area contributed by atoms with Gasteiger partial charge in [-0.3, -0.25) is 0 Å². The predicted molar refractivity (Wildman–Crippen MR) is 57.9 cm³/mol. The first-order chi connectivity index (χ1) is 7.65. The molecule has 1 rings (SSSR count). The highest BCUT2D eigenvalue weighted by atomic mass is 19.1. The molecule has 0 aliphatic heterocycles. The standard InChI is InChI=1S/C12H13FO3/c1-2-9(12(14)15)7-8-16-11-6-4-3-5-10(11)13/h3-7H,2,8H2,1H3,(H,14,15). The number of benzene rings is 1. The maximum atomic E-state index is 13.1. The van der Waals surface area contributed by atoms with E-state index in [1.54, 1.807) is 19.1 Å². The summed E-state index contributed by atoms with van der Waals surface area (Å²) in [4.78, 5) is 10.6. The van der Waals surface area contributed by atoms with Crippen LogP contribution in [0.5, 0.6) is 5.75 Å². The van der Waals surface area contributed by atoms with Crippen molar-refractivity contribution in [2.24, 2.45) is 0 Å². The Hall–Kier alpha value is -1.84. The predicted octanol–water partition coefficient (Wildman–Crippen LogP) is 2.63. The van der Waals surface area contributed by atoms with Crippen LogP contribution in [0.1, 0.15) is 13.3 Å². The fourth-order valence-electron chi connectivity index (χ4n) is 1.18. The van der Waals surface area contributed by atoms with Gasteiger partial charge in [0.1, 0.15) is 6.61 Å². The average Bonchev–Trinajstić information content (AvgIpc) is 2.26. The quantitative estimate of drug-likeness (QED) is 0.782. The van der Waals surface area contributed by atoms with E-state index in [1.165, 1.54) is 18.2 Å². The summed E-state index contributed by atoms with van der Waals surface area (Å²) in [5.41, 5.74) is 0.260. The maximum Gasteiger partial charge on any atom is 0.331 e. The van der Waals surface area contributed by atoms with Crippen LogP contribution in [0.3, 0.4) is 0 Å². The van der Waals surface area contributed by atoms with Crippen molar-refractivity contribution < 1.29 is 19.0 Å². The Kier molecular flexibility index (Phi) is 4.51. The van der Waals surface area contributed by atoms with Gasteiger partial charge in [-0.25, -0.2) is 9.18 Å². The number of halogens is 1. The van der Waals surface area contributed by atoms with Crippen molar-refractivity contribution in [2.45, 2.75) is 13.3 Å². The smallest absolute Gasteiger partial charge is 0.331 e. The normalized spacial score (nSPS) is 11.2. The van der Waals surface area contributed by atoms with Gasteiger partial charge in [-0.2, -0.15) is 0 Å². The van der Waals surface area contributed by atoms with Crippen molar-refractivity contribution >= 4 is 5.97 Å². The van der Waals surface area contributed by atoms with E-state index < -0.39 is 11.8 Å². The molecule has 0 radical (unpaired) electrons. The molecule has 0 saturated heterocycles. The minimum atomic E-state index is -0.973. The van der Waals surface area contributed by atoms with Gasteiger partial charge in [0.2, 0.25) is 0 Å². The van der Waals surface area contributed by atoms with Crippen LogP contribution in [-0.2, 0) is 4.79 Å². The molecule has 0 bridgehead atoms. The van der Waals surface area contributed by atoms with Crippen molar-refractivity contribution in [1.82, 2.24) is 0 Å². The molecule has 0 aliphatic rings. The van der Waals surface area contributed by atoms with E-state index in [9.17, 15) is 9.18 Å². The lowest BCUT2D eigenvalue weighted by molar-refractivity contribution is -0.132. The monoisotopic (exact) mass is 224 g/mol. The second-order valence-electron chi connectivity index (χ2n) is 3.13. The zero-order valence-corrected chi connectivity index (χ0v) is 8.94. The number of hydrogen-bond acceptors (Lipinski definition) is 2. The molecule has 1 aromatic carbocycles. The van der Waals surface area contributed by atoms with Gasteiger partial charge in [-0.15, -0.1) is 0 Å². The second-order valence-corrected chi connectivity index (χ2v) is 3.13. The van der Waals surface area contributed by atoms with Crippen molar-refractivity contribution in [3.63, 3.8) is 0 Å². The number of aliphatic carboxylic acids is 1. The number of para-hydroxylation sites is 1. The van der Waals surface area contributed by atoms with Crippen LogP contribution in [0.2, 0.25) is 0 Å². The summed E-state index contributed by atoms with van der Waals surface area (Å²) in [6.07, 6.45) is 1.85. The molecule has 3 nitrogen and oxygen atoms in total. The molecule has 0 atom stereocenters. The van der Waals surface area contributed by atoms with E-state index in [4.69, 9.17) is 9.84 Å². The van der Waals surface area contributed by atoms with Gasteiger partial charge in [0, 0.05) is 5.57 Å².